The summed E-state index contributed by atoms with van der Waals surface area (Å²) in [7, 11) is 3.20. The normalized spacial score (nSPS) is 10.5. The van der Waals surface area contributed by atoms with Gasteiger partial charge in [0, 0.05) is 23.2 Å². The number of pyridine rings is 1. The zero-order chi connectivity index (χ0) is 15.5. The summed E-state index contributed by atoms with van der Waals surface area (Å²) in [5.41, 5.74) is 7.12. The Balaban J connectivity index is 1.96. The van der Waals surface area contributed by atoms with E-state index in [4.69, 9.17) is 19.9 Å². The summed E-state index contributed by atoms with van der Waals surface area (Å²) in [5, 5.41) is 0.947. The van der Waals surface area contributed by atoms with E-state index in [1.54, 1.807) is 38.5 Å². The van der Waals surface area contributed by atoms with Crippen LogP contribution in [0.2, 0.25) is 0 Å². The minimum absolute atomic E-state index is 0.504. The molecule has 0 aliphatic heterocycles. The molecule has 5 nitrogen and oxygen atoms in total. The molecule has 1 aromatic heterocycles. The van der Waals surface area contributed by atoms with Crippen molar-refractivity contribution in [2.45, 2.75) is 0 Å². The number of nitrogens with zero attached hydrogens (tertiary/aromatic N) is 1. The highest BCUT2D eigenvalue weighted by Gasteiger charge is 2.08. The maximum Gasteiger partial charge on any atom is 0.219 e. The zero-order valence-corrected chi connectivity index (χ0v) is 12.4. The fourth-order valence-electron chi connectivity index (χ4n) is 2.14. The lowest BCUT2D eigenvalue weighted by Crippen LogP contribution is -1.93. The lowest BCUT2D eigenvalue weighted by Gasteiger charge is -2.10. The Morgan fingerprint density at radius 2 is 1.55 bits per heavy atom. The van der Waals surface area contributed by atoms with Crippen molar-refractivity contribution in [1.82, 2.24) is 4.98 Å². The van der Waals surface area contributed by atoms with Crippen LogP contribution < -0.4 is 19.9 Å². The molecule has 3 rings (SSSR count). The maximum absolute atomic E-state index is 5.73. The molecule has 112 valence electrons. The summed E-state index contributed by atoms with van der Waals surface area (Å²) in [6.45, 7) is 0. The molecule has 1 heterocycles. The molecule has 2 N–H and O–H groups in total. The molecule has 0 aliphatic rings. The van der Waals surface area contributed by atoms with Gasteiger partial charge in [0.2, 0.25) is 5.88 Å². The van der Waals surface area contributed by atoms with Crippen LogP contribution in [0.4, 0.5) is 5.69 Å². The average Bonchev–Trinajstić information content (AvgIpc) is 2.55. The molecular weight excluding hydrogens is 280 g/mol. The zero-order valence-electron chi connectivity index (χ0n) is 12.4. The number of fused-ring (bicyclic) bond motifs is 1. The van der Waals surface area contributed by atoms with E-state index in [0.717, 1.165) is 10.9 Å². The standard InChI is InChI=1S/C17H16N2O3/c1-20-15-9-11-3-8-17(19-14(11)10-16(15)21-2)22-13-6-4-12(18)5-7-13/h3-10H,18H2,1-2H3. The van der Waals surface area contributed by atoms with Gasteiger partial charge in [-0.05, 0) is 36.4 Å². The van der Waals surface area contributed by atoms with Crippen LogP contribution >= 0.6 is 0 Å². The predicted molar refractivity (Wildman–Crippen MR) is 85.8 cm³/mol. The van der Waals surface area contributed by atoms with Gasteiger partial charge < -0.3 is 19.9 Å². The molecule has 2 aromatic carbocycles. The van der Waals surface area contributed by atoms with Gasteiger partial charge in [0.1, 0.15) is 5.75 Å². The molecule has 0 atom stereocenters. The number of methoxy groups -OCH3 is 2. The summed E-state index contributed by atoms with van der Waals surface area (Å²) in [6.07, 6.45) is 0. The molecule has 0 saturated carbocycles. The minimum atomic E-state index is 0.504. The molecule has 0 bridgehead atoms. The Kier molecular flexibility index (Phi) is 3.70. The van der Waals surface area contributed by atoms with E-state index < -0.39 is 0 Å². The van der Waals surface area contributed by atoms with Crippen LogP contribution in [-0.4, -0.2) is 19.2 Å². The van der Waals surface area contributed by atoms with Gasteiger partial charge in [0.15, 0.2) is 11.5 Å². The van der Waals surface area contributed by atoms with E-state index in [1.165, 1.54) is 0 Å². The van der Waals surface area contributed by atoms with Gasteiger partial charge in [-0.3, -0.25) is 0 Å². The van der Waals surface area contributed by atoms with Crippen LogP contribution in [-0.2, 0) is 0 Å². The number of benzene rings is 2. The molecule has 5 heteroatoms. The molecule has 0 spiro atoms. The number of hydrogen-bond acceptors (Lipinski definition) is 5. The van der Waals surface area contributed by atoms with Crippen molar-refractivity contribution in [2.24, 2.45) is 0 Å². The quantitative estimate of drug-likeness (QED) is 0.745. The Labute approximate surface area is 128 Å². The Hall–Kier alpha value is -2.95. The first-order chi connectivity index (χ1) is 10.7. The first kappa shape index (κ1) is 14.0. The number of nitrogens with two attached hydrogens (primary N) is 1. The van der Waals surface area contributed by atoms with Gasteiger partial charge in [-0.2, -0.15) is 0 Å². The second-order valence-corrected chi connectivity index (χ2v) is 4.72. The van der Waals surface area contributed by atoms with E-state index in [9.17, 15) is 0 Å². The molecule has 0 aliphatic carbocycles. The second kappa shape index (κ2) is 5.81. The molecule has 0 unspecified atom stereocenters. The number of anilines is 1. The fourth-order valence-corrected chi connectivity index (χ4v) is 2.14. The van der Waals surface area contributed by atoms with Crippen molar-refractivity contribution >= 4 is 16.6 Å². The smallest absolute Gasteiger partial charge is 0.219 e. The van der Waals surface area contributed by atoms with Gasteiger partial charge >= 0.3 is 0 Å². The Bertz CT molecular complexity index is 801. The van der Waals surface area contributed by atoms with E-state index in [-0.39, 0.29) is 0 Å². The third-order valence-electron chi connectivity index (χ3n) is 3.27. The second-order valence-electron chi connectivity index (χ2n) is 4.72. The summed E-state index contributed by atoms with van der Waals surface area (Å²) in [5.74, 6) is 2.49. The molecule has 0 amide bonds. The highest BCUT2D eigenvalue weighted by atomic mass is 16.5. The summed E-state index contributed by atoms with van der Waals surface area (Å²) in [6, 6.07) is 14.6. The van der Waals surface area contributed by atoms with Crippen molar-refractivity contribution in [3.8, 4) is 23.1 Å². The number of ether oxygens (including phenoxy) is 3. The van der Waals surface area contributed by atoms with Crippen LogP contribution in [0.3, 0.4) is 0 Å². The van der Waals surface area contributed by atoms with Gasteiger partial charge in [0.05, 0.1) is 19.7 Å². The molecule has 0 saturated heterocycles. The lowest BCUT2D eigenvalue weighted by atomic mass is 10.2. The Morgan fingerprint density at radius 3 is 2.23 bits per heavy atom. The molecule has 22 heavy (non-hydrogen) atoms. The third kappa shape index (κ3) is 2.74. The third-order valence-corrected chi connectivity index (χ3v) is 3.27. The Morgan fingerprint density at radius 1 is 0.864 bits per heavy atom. The number of hydrogen-bond donors (Lipinski definition) is 1. The average molecular weight is 296 g/mol. The molecule has 0 radical (unpaired) electrons. The topological polar surface area (TPSA) is 66.6 Å². The first-order valence-corrected chi connectivity index (χ1v) is 6.76. The van der Waals surface area contributed by atoms with Crippen LogP contribution in [0.1, 0.15) is 0 Å². The molecule has 0 fully saturated rings. The van der Waals surface area contributed by atoms with E-state index in [2.05, 4.69) is 4.98 Å². The number of nitrogen functional groups attached to an aromatic ring is 1. The predicted octanol–water partition coefficient (Wildman–Crippen LogP) is 3.63. The van der Waals surface area contributed by atoms with Crippen molar-refractivity contribution < 1.29 is 14.2 Å². The van der Waals surface area contributed by atoms with Crippen molar-refractivity contribution in [3.05, 3.63) is 48.5 Å². The lowest BCUT2D eigenvalue weighted by molar-refractivity contribution is 0.355. The highest BCUT2D eigenvalue weighted by Crippen LogP contribution is 2.32. The maximum atomic E-state index is 5.73. The van der Waals surface area contributed by atoms with E-state index >= 15 is 0 Å². The van der Waals surface area contributed by atoms with Crippen LogP contribution in [0, 0.1) is 0 Å². The van der Waals surface area contributed by atoms with Crippen molar-refractivity contribution in [2.75, 3.05) is 20.0 Å². The number of rotatable bonds is 4. The molecular formula is C17H16N2O3. The van der Waals surface area contributed by atoms with Crippen LogP contribution in [0.5, 0.6) is 23.1 Å². The van der Waals surface area contributed by atoms with E-state index in [0.29, 0.717) is 28.8 Å². The van der Waals surface area contributed by atoms with Crippen LogP contribution in [0.25, 0.3) is 10.9 Å². The van der Waals surface area contributed by atoms with E-state index in [1.807, 2.05) is 24.3 Å². The van der Waals surface area contributed by atoms with Crippen molar-refractivity contribution in [1.29, 1.82) is 0 Å². The van der Waals surface area contributed by atoms with Crippen molar-refractivity contribution in [3.63, 3.8) is 0 Å². The van der Waals surface area contributed by atoms with Crippen LogP contribution in [0.15, 0.2) is 48.5 Å². The molecule has 3 aromatic rings. The largest absolute Gasteiger partial charge is 0.493 e. The minimum Gasteiger partial charge on any atom is -0.493 e. The first-order valence-electron chi connectivity index (χ1n) is 6.76. The van der Waals surface area contributed by atoms with Gasteiger partial charge in [0.25, 0.3) is 0 Å². The van der Waals surface area contributed by atoms with Gasteiger partial charge in [-0.1, -0.05) is 0 Å². The van der Waals surface area contributed by atoms with Gasteiger partial charge in [-0.25, -0.2) is 4.98 Å². The summed E-state index contributed by atoms with van der Waals surface area (Å²) >= 11 is 0. The number of aromatic nitrogens is 1. The summed E-state index contributed by atoms with van der Waals surface area (Å²) in [4.78, 5) is 4.49. The van der Waals surface area contributed by atoms with Gasteiger partial charge in [-0.15, -0.1) is 0 Å². The fraction of sp³-hybridized carbons (Fsp3) is 0.118. The SMILES string of the molecule is COc1cc2ccc(Oc3ccc(N)cc3)nc2cc1OC. The highest BCUT2D eigenvalue weighted by molar-refractivity contribution is 5.83. The monoisotopic (exact) mass is 296 g/mol. The summed E-state index contributed by atoms with van der Waals surface area (Å²) < 4.78 is 16.3.